The number of rotatable bonds is 2. The van der Waals surface area contributed by atoms with Crippen LogP contribution in [0, 0.1) is 5.82 Å². The van der Waals surface area contributed by atoms with E-state index in [1.165, 1.54) is 6.07 Å². The van der Waals surface area contributed by atoms with Crippen molar-refractivity contribution in [2.45, 2.75) is 6.43 Å². The van der Waals surface area contributed by atoms with Gasteiger partial charge in [0.05, 0.1) is 10.0 Å². The van der Waals surface area contributed by atoms with Crippen LogP contribution in [0.25, 0.3) is 11.1 Å². The summed E-state index contributed by atoms with van der Waals surface area (Å²) in [6, 6.07) is 7.77. The minimum absolute atomic E-state index is 0.0142. The molecule has 0 aliphatic rings. The van der Waals surface area contributed by atoms with Gasteiger partial charge < -0.3 is 0 Å². The summed E-state index contributed by atoms with van der Waals surface area (Å²) in [6.07, 6.45) is -2.66. The molecule has 2 aromatic rings. The van der Waals surface area contributed by atoms with E-state index in [9.17, 15) is 13.2 Å². The zero-order chi connectivity index (χ0) is 13.3. The molecule has 0 radical (unpaired) electrons. The van der Waals surface area contributed by atoms with Crippen LogP contribution in [0.4, 0.5) is 13.2 Å². The minimum Gasteiger partial charge on any atom is -0.206 e. The van der Waals surface area contributed by atoms with Gasteiger partial charge in [0.25, 0.3) is 6.43 Å². The number of hydrogen-bond acceptors (Lipinski definition) is 0. The Morgan fingerprint density at radius 3 is 2.33 bits per heavy atom. The Balaban J connectivity index is 2.63. The molecule has 0 amide bonds. The van der Waals surface area contributed by atoms with Gasteiger partial charge >= 0.3 is 0 Å². The molecule has 0 bridgehead atoms. The lowest BCUT2D eigenvalue weighted by Gasteiger charge is -2.09. The van der Waals surface area contributed by atoms with E-state index < -0.39 is 12.2 Å². The van der Waals surface area contributed by atoms with Crippen LogP contribution >= 0.6 is 23.2 Å². The molecule has 2 rings (SSSR count). The van der Waals surface area contributed by atoms with Gasteiger partial charge in [-0.05, 0) is 18.2 Å². The highest BCUT2D eigenvalue weighted by Gasteiger charge is 2.15. The number of alkyl halides is 2. The van der Waals surface area contributed by atoms with Gasteiger partial charge in [-0.3, -0.25) is 0 Å². The quantitative estimate of drug-likeness (QED) is 0.662. The van der Waals surface area contributed by atoms with Gasteiger partial charge in [0.1, 0.15) is 5.82 Å². The summed E-state index contributed by atoms with van der Waals surface area (Å²) in [5.41, 5.74) is 0.0481. The van der Waals surface area contributed by atoms with E-state index in [-0.39, 0.29) is 21.2 Å². The van der Waals surface area contributed by atoms with Crippen molar-refractivity contribution in [3.8, 4) is 11.1 Å². The maximum Gasteiger partial charge on any atom is 0.263 e. The highest BCUT2D eigenvalue weighted by Crippen LogP contribution is 2.36. The van der Waals surface area contributed by atoms with Crippen molar-refractivity contribution >= 4 is 23.2 Å². The molecular weight excluding hydrogens is 284 g/mol. The molecule has 94 valence electrons. The van der Waals surface area contributed by atoms with Gasteiger partial charge in [-0.25, -0.2) is 13.2 Å². The molecule has 0 saturated heterocycles. The molecule has 0 atom stereocenters. The predicted octanol–water partition coefficient (Wildman–Crippen LogP) is 5.74. The van der Waals surface area contributed by atoms with Crippen LogP contribution in [-0.2, 0) is 0 Å². The first kappa shape index (κ1) is 13.2. The summed E-state index contributed by atoms with van der Waals surface area (Å²) < 4.78 is 38.9. The third kappa shape index (κ3) is 2.47. The zero-order valence-electron chi connectivity index (χ0n) is 8.93. The molecule has 0 aromatic heterocycles. The monoisotopic (exact) mass is 290 g/mol. The van der Waals surface area contributed by atoms with E-state index in [0.717, 1.165) is 18.2 Å². The number of benzene rings is 2. The summed E-state index contributed by atoms with van der Waals surface area (Å²) in [4.78, 5) is 0. The van der Waals surface area contributed by atoms with Crippen molar-refractivity contribution in [3.63, 3.8) is 0 Å². The molecule has 0 fully saturated rings. The SMILES string of the molecule is Fc1ccc(C(F)F)cc1-c1cccc(Cl)c1Cl. The van der Waals surface area contributed by atoms with E-state index in [0.29, 0.717) is 5.56 Å². The maximum absolute atomic E-state index is 13.7. The molecule has 0 aliphatic heterocycles. The van der Waals surface area contributed by atoms with Crippen molar-refractivity contribution in [1.29, 1.82) is 0 Å². The van der Waals surface area contributed by atoms with Gasteiger partial charge in [0, 0.05) is 16.7 Å². The summed E-state index contributed by atoms with van der Waals surface area (Å²) in [7, 11) is 0. The lowest BCUT2D eigenvalue weighted by Crippen LogP contribution is -1.91. The van der Waals surface area contributed by atoms with Crippen LogP contribution in [0.15, 0.2) is 36.4 Å². The van der Waals surface area contributed by atoms with Crippen molar-refractivity contribution in [2.24, 2.45) is 0 Å². The molecule has 18 heavy (non-hydrogen) atoms. The predicted molar refractivity (Wildman–Crippen MR) is 66.8 cm³/mol. The average Bonchev–Trinajstić information content (AvgIpc) is 2.33. The number of halogens is 5. The van der Waals surface area contributed by atoms with Crippen molar-refractivity contribution in [3.05, 3.63) is 57.8 Å². The van der Waals surface area contributed by atoms with Crippen LogP contribution in [0.2, 0.25) is 10.0 Å². The van der Waals surface area contributed by atoms with Gasteiger partial charge in [-0.2, -0.15) is 0 Å². The molecule has 5 heteroatoms. The van der Waals surface area contributed by atoms with Crippen LogP contribution in [-0.4, -0.2) is 0 Å². The van der Waals surface area contributed by atoms with Gasteiger partial charge in [-0.1, -0.05) is 41.4 Å². The summed E-state index contributed by atoms with van der Waals surface area (Å²) in [5, 5.41) is 0.389. The second-order valence-corrected chi connectivity index (χ2v) is 4.43. The fraction of sp³-hybridized carbons (Fsp3) is 0.0769. The maximum atomic E-state index is 13.7. The largest absolute Gasteiger partial charge is 0.263 e. The Kier molecular flexibility index (Phi) is 3.83. The van der Waals surface area contributed by atoms with E-state index >= 15 is 0 Å². The van der Waals surface area contributed by atoms with E-state index in [1.807, 2.05) is 0 Å². The van der Waals surface area contributed by atoms with Crippen LogP contribution in [0.3, 0.4) is 0 Å². The Morgan fingerprint density at radius 2 is 1.67 bits per heavy atom. The van der Waals surface area contributed by atoms with Gasteiger partial charge in [-0.15, -0.1) is 0 Å². The molecular formula is C13H7Cl2F3. The fourth-order valence-electron chi connectivity index (χ4n) is 1.60. The third-order valence-corrected chi connectivity index (χ3v) is 3.30. The normalized spacial score (nSPS) is 11.0. The Bertz CT molecular complexity index is 582. The molecule has 0 nitrogen and oxygen atoms in total. The summed E-state index contributed by atoms with van der Waals surface area (Å²) in [5.74, 6) is -0.622. The smallest absolute Gasteiger partial charge is 0.206 e. The Labute approximate surface area is 112 Å². The molecule has 2 aromatic carbocycles. The first-order valence-electron chi connectivity index (χ1n) is 5.02. The van der Waals surface area contributed by atoms with Crippen molar-refractivity contribution in [2.75, 3.05) is 0 Å². The van der Waals surface area contributed by atoms with E-state index in [1.54, 1.807) is 12.1 Å². The fourth-order valence-corrected chi connectivity index (χ4v) is 2.00. The summed E-state index contributed by atoms with van der Waals surface area (Å²) >= 11 is 11.8. The molecule has 0 aliphatic carbocycles. The van der Waals surface area contributed by atoms with Crippen LogP contribution < -0.4 is 0 Å². The van der Waals surface area contributed by atoms with Crippen LogP contribution in [0.5, 0.6) is 0 Å². The second kappa shape index (κ2) is 5.21. The topological polar surface area (TPSA) is 0 Å². The minimum atomic E-state index is -2.66. The van der Waals surface area contributed by atoms with Crippen molar-refractivity contribution in [1.82, 2.24) is 0 Å². The highest BCUT2D eigenvalue weighted by atomic mass is 35.5. The molecule has 0 spiro atoms. The van der Waals surface area contributed by atoms with Crippen molar-refractivity contribution < 1.29 is 13.2 Å². The van der Waals surface area contributed by atoms with E-state index in [4.69, 9.17) is 23.2 Å². The van der Waals surface area contributed by atoms with Gasteiger partial charge in [0.15, 0.2) is 0 Å². The second-order valence-electron chi connectivity index (χ2n) is 3.64. The van der Waals surface area contributed by atoms with E-state index in [2.05, 4.69) is 0 Å². The number of hydrogen-bond donors (Lipinski definition) is 0. The van der Waals surface area contributed by atoms with Gasteiger partial charge in [0.2, 0.25) is 0 Å². The zero-order valence-corrected chi connectivity index (χ0v) is 10.4. The third-order valence-electron chi connectivity index (χ3n) is 2.48. The summed E-state index contributed by atoms with van der Waals surface area (Å²) in [6.45, 7) is 0. The first-order valence-corrected chi connectivity index (χ1v) is 5.78. The molecule has 0 saturated carbocycles. The molecule has 0 N–H and O–H groups in total. The standard InChI is InChI=1S/C13H7Cl2F3/c14-10-3-1-2-8(12(10)15)9-6-7(13(17)18)4-5-11(9)16/h1-6,13H. The van der Waals surface area contributed by atoms with Crippen LogP contribution in [0.1, 0.15) is 12.0 Å². The lowest BCUT2D eigenvalue weighted by molar-refractivity contribution is 0.151. The highest BCUT2D eigenvalue weighted by molar-refractivity contribution is 6.43. The average molecular weight is 291 g/mol. The lowest BCUT2D eigenvalue weighted by atomic mass is 10.0. The Morgan fingerprint density at radius 1 is 0.944 bits per heavy atom. The molecule has 0 heterocycles. The first-order chi connectivity index (χ1) is 8.50. The molecule has 0 unspecified atom stereocenters. The Hall–Kier alpha value is -1.19.